The number of ether oxygens (including phenoxy) is 2. The van der Waals surface area contributed by atoms with E-state index in [2.05, 4.69) is 9.98 Å². The maximum Gasteiger partial charge on any atom is 0.335 e. The minimum atomic E-state index is -0.780. The number of H-pyrrole nitrogens is 1. The molecule has 0 bridgehead atoms. The Hall–Kier alpha value is -3.52. The Kier molecular flexibility index (Phi) is 5.51. The second-order valence-corrected chi connectivity index (χ2v) is 6.01. The molecular formula is C19H16ClN3O5. The highest BCUT2D eigenvalue weighted by Crippen LogP contribution is 2.28. The van der Waals surface area contributed by atoms with Crippen molar-refractivity contribution in [3.8, 4) is 23.1 Å². The van der Waals surface area contributed by atoms with E-state index in [0.717, 1.165) is 10.8 Å². The van der Waals surface area contributed by atoms with E-state index < -0.39 is 17.1 Å². The number of aromatic nitrogens is 2. The topological polar surface area (TPSA) is 106 Å². The van der Waals surface area contributed by atoms with Crippen molar-refractivity contribution in [3.05, 3.63) is 73.9 Å². The molecule has 28 heavy (non-hydrogen) atoms. The fourth-order valence-corrected chi connectivity index (χ4v) is 2.75. The highest BCUT2D eigenvalue weighted by Gasteiger charge is 2.14. The molecule has 0 unspecified atom stereocenters. The van der Waals surface area contributed by atoms with E-state index in [4.69, 9.17) is 21.1 Å². The highest BCUT2D eigenvalue weighted by molar-refractivity contribution is 6.32. The highest BCUT2D eigenvalue weighted by atomic mass is 35.5. The minimum absolute atomic E-state index is 0.178. The quantitative estimate of drug-likeness (QED) is 0.639. The lowest BCUT2D eigenvalue weighted by molar-refractivity contribution is 0.414. The lowest BCUT2D eigenvalue weighted by Gasteiger charge is -2.10. The Morgan fingerprint density at radius 2 is 1.82 bits per heavy atom. The molecule has 0 spiro atoms. The van der Waals surface area contributed by atoms with Crippen molar-refractivity contribution in [2.45, 2.75) is 0 Å². The minimum Gasteiger partial charge on any atom is -0.497 e. The summed E-state index contributed by atoms with van der Waals surface area (Å²) in [6.45, 7) is 0. The molecule has 0 radical (unpaired) electrons. The number of rotatable bonds is 5. The molecule has 0 saturated carbocycles. The summed E-state index contributed by atoms with van der Waals surface area (Å²) in [6, 6.07) is 11.2. The average molecular weight is 402 g/mol. The number of methoxy groups -OCH3 is 2. The molecule has 0 amide bonds. The Labute approximate surface area is 164 Å². The third-order valence-corrected chi connectivity index (χ3v) is 4.22. The van der Waals surface area contributed by atoms with Crippen LogP contribution >= 0.6 is 11.6 Å². The molecule has 0 saturated heterocycles. The molecule has 0 aliphatic carbocycles. The van der Waals surface area contributed by atoms with Crippen molar-refractivity contribution in [2.24, 2.45) is 4.99 Å². The molecule has 2 N–H and O–H groups in total. The van der Waals surface area contributed by atoms with Crippen LogP contribution in [0.1, 0.15) is 5.56 Å². The van der Waals surface area contributed by atoms with E-state index in [-0.39, 0.29) is 5.56 Å². The zero-order valence-corrected chi connectivity index (χ0v) is 15.7. The van der Waals surface area contributed by atoms with Gasteiger partial charge in [-0.05, 0) is 42.5 Å². The van der Waals surface area contributed by atoms with Gasteiger partial charge in [-0.15, -0.1) is 0 Å². The number of aromatic hydroxyl groups is 1. The largest absolute Gasteiger partial charge is 0.497 e. The second kappa shape index (κ2) is 8.01. The van der Waals surface area contributed by atoms with Gasteiger partial charge < -0.3 is 14.6 Å². The third-order valence-electron chi connectivity index (χ3n) is 3.93. The van der Waals surface area contributed by atoms with Crippen molar-refractivity contribution >= 4 is 23.5 Å². The summed E-state index contributed by atoms with van der Waals surface area (Å²) in [5, 5.41) is 10.9. The van der Waals surface area contributed by atoms with E-state index in [1.165, 1.54) is 14.2 Å². The van der Waals surface area contributed by atoms with Crippen LogP contribution in [-0.2, 0) is 0 Å². The van der Waals surface area contributed by atoms with Crippen LogP contribution in [0.5, 0.6) is 17.4 Å². The van der Waals surface area contributed by atoms with Gasteiger partial charge in [0.05, 0.1) is 30.6 Å². The first-order chi connectivity index (χ1) is 13.4. The fraction of sp³-hybridized carbons (Fsp3) is 0.105. The first-order valence-corrected chi connectivity index (χ1v) is 8.42. The molecule has 0 atom stereocenters. The van der Waals surface area contributed by atoms with Gasteiger partial charge in [0.2, 0.25) is 5.88 Å². The van der Waals surface area contributed by atoms with Crippen LogP contribution in [0.4, 0.5) is 5.69 Å². The third kappa shape index (κ3) is 3.77. The molecular weight excluding hydrogens is 386 g/mol. The zero-order chi connectivity index (χ0) is 20.3. The Morgan fingerprint density at radius 1 is 1.11 bits per heavy atom. The maximum absolute atomic E-state index is 12.2. The Bertz CT molecular complexity index is 1150. The van der Waals surface area contributed by atoms with Crippen LogP contribution in [0, 0.1) is 0 Å². The summed E-state index contributed by atoms with van der Waals surface area (Å²) in [5.74, 6) is 0.524. The van der Waals surface area contributed by atoms with Gasteiger partial charge >= 0.3 is 5.69 Å². The molecule has 144 valence electrons. The standard InChI is InChI=1S/C19H16ClN3O5/c1-27-13-6-4-12(5-7-13)23-18(25)14(17(24)22-19(23)26)10-21-11-3-8-16(28-2)15(20)9-11/h3-10,25H,1-2H3,(H,22,24,26). The number of aliphatic imine (C=N–C) groups is 1. The summed E-state index contributed by atoms with van der Waals surface area (Å²) in [7, 11) is 3.00. The van der Waals surface area contributed by atoms with Gasteiger partial charge in [0, 0.05) is 6.21 Å². The van der Waals surface area contributed by atoms with Crippen LogP contribution in [0.25, 0.3) is 5.69 Å². The summed E-state index contributed by atoms with van der Waals surface area (Å²) in [6.07, 6.45) is 1.16. The first-order valence-electron chi connectivity index (χ1n) is 8.05. The molecule has 2 aromatic carbocycles. The summed E-state index contributed by atoms with van der Waals surface area (Å²) in [4.78, 5) is 30.7. The normalized spacial score (nSPS) is 11.0. The van der Waals surface area contributed by atoms with Gasteiger partial charge in [-0.25, -0.2) is 9.36 Å². The summed E-state index contributed by atoms with van der Waals surface area (Å²) in [5.41, 5.74) is -0.941. The van der Waals surface area contributed by atoms with Crippen molar-refractivity contribution < 1.29 is 14.6 Å². The first kappa shape index (κ1) is 19.2. The smallest absolute Gasteiger partial charge is 0.335 e. The van der Waals surface area contributed by atoms with Gasteiger partial charge in [-0.2, -0.15) is 0 Å². The van der Waals surface area contributed by atoms with Crippen LogP contribution in [0.3, 0.4) is 0 Å². The van der Waals surface area contributed by atoms with E-state index in [0.29, 0.717) is 27.9 Å². The Morgan fingerprint density at radius 3 is 2.43 bits per heavy atom. The number of nitrogens with one attached hydrogen (secondary N) is 1. The van der Waals surface area contributed by atoms with Gasteiger partial charge in [0.15, 0.2) is 0 Å². The lowest BCUT2D eigenvalue weighted by atomic mass is 10.2. The molecule has 3 rings (SSSR count). The van der Waals surface area contributed by atoms with Crippen molar-refractivity contribution in [1.29, 1.82) is 0 Å². The zero-order valence-electron chi connectivity index (χ0n) is 15.0. The lowest BCUT2D eigenvalue weighted by Crippen LogP contribution is -2.31. The monoisotopic (exact) mass is 401 g/mol. The van der Waals surface area contributed by atoms with Crippen LogP contribution in [0.2, 0.25) is 5.02 Å². The molecule has 1 heterocycles. The Balaban J connectivity index is 2.05. The van der Waals surface area contributed by atoms with Crippen molar-refractivity contribution in [2.75, 3.05) is 14.2 Å². The van der Waals surface area contributed by atoms with Gasteiger partial charge in [0.25, 0.3) is 5.56 Å². The van der Waals surface area contributed by atoms with E-state index in [1.807, 2.05) is 0 Å². The second-order valence-electron chi connectivity index (χ2n) is 5.61. The van der Waals surface area contributed by atoms with Crippen LogP contribution in [-0.4, -0.2) is 35.1 Å². The number of benzene rings is 2. The summed E-state index contributed by atoms with van der Waals surface area (Å²) >= 11 is 6.05. The van der Waals surface area contributed by atoms with Crippen molar-refractivity contribution in [1.82, 2.24) is 9.55 Å². The molecule has 9 heteroatoms. The summed E-state index contributed by atoms with van der Waals surface area (Å²) < 4.78 is 11.1. The van der Waals surface area contributed by atoms with E-state index in [1.54, 1.807) is 42.5 Å². The predicted octanol–water partition coefficient (Wildman–Crippen LogP) is 2.65. The van der Waals surface area contributed by atoms with Crippen molar-refractivity contribution in [3.63, 3.8) is 0 Å². The number of aromatic amines is 1. The predicted molar refractivity (Wildman–Crippen MR) is 106 cm³/mol. The molecule has 1 aromatic heterocycles. The number of hydrogen-bond donors (Lipinski definition) is 2. The van der Waals surface area contributed by atoms with E-state index >= 15 is 0 Å². The van der Waals surface area contributed by atoms with Crippen LogP contribution < -0.4 is 20.7 Å². The van der Waals surface area contributed by atoms with Gasteiger partial charge in [-0.3, -0.25) is 14.8 Å². The van der Waals surface area contributed by atoms with E-state index in [9.17, 15) is 14.7 Å². The van der Waals surface area contributed by atoms with Gasteiger partial charge in [-0.1, -0.05) is 11.6 Å². The number of hydrogen-bond acceptors (Lipinski definition) is 6. The molecule has 0 aliphatic rings. The number of nitrogens with zero attached hydrogens (tertiary/aromatic N) is 2. The average Bonchev–Trinajstić information content (AvgIpc) is 2.68. The molecule has 8 nitrogen and oxygen atoms in total. The fourth-order valence-electron chi connectivity index (χ4n) is 2.50. The molecule has 3 aromatic rings. The maximum atomic E-state index is 12.2. The molecule has 0 fully saturated rings. The van der Waals surface area contributed by atoms with Gasteiger partial charge in [0.1, 0.15) is 17.1 Å². The molecule has 0 aliphatic heterocycles. The number of halogens is 1. The SMILES string of the molecule is COc1ccc(-n2c(O)c(C=Nc3ccc(OC)c(Cl)c3)c(=O)[nH]c2=O)cc1. The van der Waals surface area contributed by atoms with Crippen LogP contribution in [0.15, 0.2) is 57.0 Å².